The molecule has 0 aliphatic carbocycles. The van der Waals surface area contributed by atoms with Crippen LogP contribution in [0.2, 0.25) is 0 Å². The molecule has 0 bridgehead atoms. The maximum Gasteiger partial charge on any atom is 1.00 e. The van der Waals surface area contributed by atoms with E-state index < -0.39 is 90.1 Å². The topological polar surface area (TPSA) is 429 Å². The number of rotatable bonds is 14. The number of aromatic nitrogens is 6. The van der Waals surface area contributed by atoms with Gasteiger partial charge in [-0.15, -0.1) is 20.4 Å². The van der Waals surface area contributed by atoms with E-state index in [4.69, 9.17) is 0 Å². The van der Waals surface area contributed by atoms with Crippen molar-refractivity contribution in [1.29, 1.82) is 0 Å². The van der Waals surface area contributed by atoms with Crippen molar-refractivity contribution in [3.63, 3.8) is 0 Å². The summed E-state index contributed by atoms with van der Waals surface area (Å²) < 4.78 is 223. The minimum Gasteiger partial charge on any atom is -0.744 e. The first-order valence-electron chi connectivity index (χ1n) is 22.1. The first-order chi connectivity index (χ1) is 37.4. The molecule has 0 amide bonds. The van der Waals surface area contributed by atoms with Gasteiger partial charge in [0.05, 0.1) is 52.1 Å². The summed E-state index contributed by atoms with van der Waals surface area (Å²) in [6.07, 6.45) is 4.02. The van der Waals surface area contributed by atoms with Gasteiger partial charge in [-0.05, 0) is 82.9 Å². The van der Waals surface area contributed by atoms with Crippen LogP contribution < -0.4 is 177 Å². The molecule has 0 atom stereocenters. The Morgan fingerprint density at radius 1 is 0.314 bits per heavy atom. The van der Waals surface area contributed by atoms with Gasteiger partial charge in [0.2, 0.25) is 0 Å². The van der Waals surface area contributed by atoms with Crippen LogP contribution in [0.3, 0.4) is 0 Å². The van der Waals surface area contributed by atoms with Crippen molar-refractivity contribution in [2.75, 3.05) is 0 Å². The molecule has 0 saturated heterocycles. The molecule has 2 aromatic heterocycles. The molecule has 38 heteroatoms. The van der Waals surface area contributed by atoms with Crippen LogP contribution in [0.25, 0.3) is 79.3 Å². The summed E-state index contributed by atoms with van der Waals surface area (Å²) >= 11 is 0. The van der Waals surface area contributed by atoms with E-state index in [1.54, 1.807) is 12.1 Å². The van der Waals surface area contributed by atoms with Gasteiger partial charge >= 0.3 is 177 Å². The predicted octanol–water partition coefficient (Wildman–Crippen LogP) is -12.3. The molecule has 86 heavy (non-hydrogen) atoms. The Morgan fingerprint density at radius 3 is 0.872 bits per heavy atom. The third-order valence-corrected chi connectivity index (χ3v) is 17.3. The zero-order valence-corrected chi connectivity index (χ0v) is 62.3. The first kappa shape index (κ1) is 76.1. The summed E-state index contributed by atoms with van der Waals surface area (Å²) in [6.45, 7) is 0. The molecule has 2 heterocycles. The molecule has 8 aromatic carbocycles. The van der Waals surface area contributed by atoms with E-state index in [-0.39, 0.29) is 266 Å². The Bertz CT molecular complexity index is 4850. The van der Waals surface area contributed by atoms with Crippen molar-refractivity contribution >= 4 is 140 Å². The fraction of sp³-hybridized carbons (Fsp3) is 0. The van der Waals surface area contributed by atoms with E-state index in [1.807, 2.05) is 0 Å². The zero-order chi connectivity index (χ0) is 57.5. The van der Waals surface area contributed by atoms with Gasteiger partial charge in [-0.2, -0.15) is 19.8 Å². The van der Waals surface area contributed by atoms with Crippen molar-refractivity contribution in [2.24, 2.45) is 10.2 Å². The van der Waals surface area contributed by atoms with E-state index in [2.05, 4.69) is 30.6 Å². The van der Waals surface area contributed by atoms with E-state index in [1.165, 1.54) is 48.5 Å². The van der Waals surface area contributed by atoms with Crippen molar-refractivity contribution in [1.82, 2.24) is 30.0 Å². The average molecular weight is 1330 g/mol. The molecule has 10 rings (SSSR count). The standard InChI is InChI=1S/C48H32N8O18S6.6Na/c57-75(58,59)41-21-31(17-13-27(41)9-11-29-15-19-33(23-43(29)77(63,64)65)55-51-39-25-45(79(69,70)71)35-5-1-3-7-37(35)47(39)53-55)49-50-32-18-14-28(42(22-32)76(60,61)62)10-12-30-16-20-34(24-44(30)78(66,67)68)56-52-40-26-46(80(72,73)74)36-6-2-4-8-38(36)48(40)54-56;;;;;;/h1-26H,(H,57,58,59)(H,60,61,62)(H,63,64,65)(H,66,67,68)(H,69,70,71)(H,72,73,74);;;;;;/q;6*+1/p-6. The molecule has 0 N–H and O–H groups in total. The van der Waals surface area contributed by atoms with Crippen LogP contribution in [-0.2, 0) is 60.7 Å². The van der Waals surface area contributed by atoms with Crippen LogP contribution in [0.15, 0.2) is 173 Å². The van der Waals surface area contributed by atoms with Gasteiger partial charge in [0.1, 0.15) is 82.8 Å². The van der Waals surface area contributed by atoms with Crippen molar-refractivity contribution < 1.29 is 255 Å². The van der Waals surface area contributed by atoms with Crippen molar-refractivity contribution in [3.8, 4) is 11.4 Å². The largest absolute Gasteiger partial charge is 1.00 e. The van der Waals surface area contributed by atoms with Gasteiger partial charge in [-0.1, -0.05) is 97.1 Å². The second-order valence-electron chi connectivity index (χ2n) is 17.0. The maximum atomic E-state index is 12.6. The molecule has 0 aliphatic rings. The Hall–Kier alpha value is -2.38. The SMILES string of the molecule is O=S(=O)([O-])c1cc(N=Nc2ccc(C=Cc3ccc(-n4nc5cc(S(=O)(=O)[O-])c6ccccc6c5n4)cc3S(=O)(=O)[O-])c(S(=O)(=O)[O-])c2)ccc1C=Cc1ccc(-n2nc3cc(S(=O)(=O)[O-])c4ccccc4c3n2)cc1S(=O)(=O)[O-].[Na+].[Na+].[Na+].[Na+].[Na+].[Na+]. The number of azo groups is 1. The van der Waals surface area contributed by atoms with Crippen LogP contribution in [-0.4, -0.2) is 108 Å². The molecular formula is C48H26N8Na6O18S6. The Morgan fingerprint density at radius 2 is 0.581 bits per heavy atom. The number of hydrogen-bond acceptors (Lipinski definition) is 24. The molecular weight excluding hydrogens is 1310 g/mol. The summed E-state index contributed by atoms with van der Waals surface area (Å²) in [7, 11) is -31.3. The predicted molar refractivity (Wildman–Crippen MR) is 275 cm³/mol. The van der Waals surface area contributed by atoms with Gasteiger partial charge in [0.25, 0.3) is 0 Å². The van der Waals surface area contributed by atoms with Crippen LogP contribution in [0.4, 0.5) is 11.4 Å². The Kier molecular flexibility index (Phi) is 25.7. The van der Waals surface area contributed by atoms with Crippen molar-refractivity contribution in [3.05, 3.63) is 156 Å². The summed E-state index contributed by atoms with van der Waals surface area (Å²) in [5, 5.41) is 25.3. The minimum absolute atomic E-state index is 0. The summed E-state index contributed by atoms with van der Waals surface area (Å²) in [4.78, 5) is -2.93. The van der Waals surface area contributed by atoms with Gasteiger partial charge < -0.3 is 27.3 Å². The molecule has 0 spiro atoms. The molecule has 0 saturated carbocycles. The van der Waals surface area contributed by atoms with E-state index in [0.717, 1.165) is 107 Å². The third-order valence-electron chi connectivity index (χ3n) is 11.9. The van der Waals surface area contributed by atoms with Crippen LogP contribution in [0.5, 0.6) is 0 Å². The van der Waals surface area contributed by atoms with Gasteiger partial charge in [0, 0.05) is 21.5 Å². The van der Waals surface area contributed by atoms with Crippen LogP contribution in [0, 0.1) is 0 Å². The maximum absolute atomic E-state index is 12.6. The molecule has 0 aliphatic heterocycles. The normalized spacial score (nSPS) is 12.4. The summed E-state index contributed by atoms with van der Waals surface area (Å²) in [5.41, 5.74) is -1.99. The summed E-state index contributed by atoms with van der Waals surface area (Å²) in [6, 6.07) is 26.3. The fourth-order valence-electron chi connectivity index (χ4n) is 8.43. The molecule has 10 aromatic rings. The molecule has 26 nitrogen and oxygen atoms in total. The average Bonchev–Trinajstić information content (AvgIpc) is 4.18. The van der Waals surface area contributed by atoms with Gasteiger partial charge in [-0.25, -0.2) is 50.5 Å². The Labute approximate surface area is 622 Å². The second-order valence-corrected chi connectivity index (χ2v) is 25.1. The van der Waals surface area contributed by atoms with Crippen LogP contribution in [0.1, 0.15) is 22.3 Å². The smallest absolute Gasteiger partial charge is 0.744 e. The zero-order valence-electron chi connectivity index (χ0n) is 45.4. The van der Waals surface area contributed by atoms with Gasteiger partial charge in [-0.3, -0.25) is 0 Å². The molecule has 408 valence electrons. The fourth-order valence-corrected chi connectivity index (χ4v) is 12.6. The third kappa shape index (κ3) is 16.6. The molecule has 0 unspecified atom stereocenters. The summed E-state index contributed by atoms with van der Waals surface area (Å²) in [5.74, 6) is 0. The number of hydrogen-bond donors (Lipinski definition) is 0. The van der Waals surface area contributed by atoms with Crippen LogP contribution >= 0.6 is 0 Å². The monoisotopic (exact) mass is 1330 g/mol. The Balaban J connectivity index is 0.00000264. The minimum atomic E-state index is -5.36. The number of benzene rings is 8. The number of nitrogens with zero attached hydrogens (tertiary/aromatic N) is 8. The van der Waals surface area contributed by atoms with E-state index in [0.29, 0.717) is 0 Å². The van der Waals surface area contributed by atoms with E-state index in [9.17, 15) is 77.8 Å². The van der Waals surface area contributed by atoms with Gasteiger partial charge in [0.15, 0.2) is 0 Å². The quantitative estimate of drug-likeness (QED) is 0.0422. The first-order valence-corrected chi connectivity index (χ1v) is 30.5. The second kappa shape index (κ2) is 29.1. The van der Waals surface area contributed by atoms with Crippen molar-refractivity contribution in [2.45, 2.75) is 29.4 Å². The van der Waals surface area contributed by atoms with E-state index >= 15 is 0 Å². The number of fused-ring (bicyclic) bond motifs is 6. The molecule has 0 radical (unpaired) electrons. The molecule has 0 fully saturated rings.